The van der Waals surface area contributed by atoms with E-state index in [0.29, 0.717) is 13.1 Å². The number of hydrogen-bond donors (Lipinski definition) is 0. The summed E-state index contributed by atoms with van der Waals surface area (Å²) in [4.78, 5) is 14.6. The maximum absolute atomic E-state index is 14.2. The molecule has 0 saturated heterocycles. The molecular formula is C27H45F2NO. The molecule has 0 aliphatic carbocycles. The van der Waals surface area contributed by atoms with Crippen LogP contribution in [0.15, 0.2) is 18.2 Å². The fourth-order valence-electron chi connectivity index (χ4n) is 4.05. The number of halogens is 2. The minimum Gasteiger partial charge on any atom is -0.338 e. The second-order valence-electron chi connectivity index (χ2n) is 8.84. The highest BCUT2D eigenvalue weighted by Gasteiger charge is 2.22. The highest BCUT2D eigenvalue weighted by molar-refractivity contribution is 5.94. The molecule has 0 aromatic heterocycles. The summed E-state index contributed by atoms with van der Waals surface area (Å²) < 4.78 is 28.3. The van der Waals surface area contributed by atoms with Crippen LogP contribution in [0.2, 0.25) is 0 Å². The lowest BCUT2D eigenvalue weighted by Gasteiger charge is -2.23. The van der Waals surface area contributed by atoms with Crippen molar-refractivity contribution in [2.75, 3.05) is 13.1 Å². The predicted octanol–water partition coefficient (Wildman–Crippen LogP) is 8.69. The van der Waals surface area contributed by atoms with E-state index in [2.05, 4.69) is 13.8 Å². The Morgan fingerprint density at radius 3 is 1.39 bits per heavy atom. The molecule has 1 amide bonds. The van der Waals surface area contributed by atoms with Crippen LogP contribution in [0.1, 0.15) is 127 Å². The first-order valence-corrected chi connectivity index (χ1v) is 12.8. The van der Waals surface area contributed by atoms with Crippen molar-refractivity contribution >= 4 is 5.91 Å². The van der Waals surface area contributed by atoms with Crippen molar-refractivity contribution in [3.05, 3.63) is 35.4 Å². The summed E-state index contributed by atoms with van der Waals surface area (Å²) in [6, 6.07) is 3.64. The summed E-state index contributed by atoms with van der Waals surface area (Å²) in [6.07, 6.45) is 19.0. The molecule has 0 aliphatic rings. The van der Waals surface area contributed by atoms with Gasteiger partial charge in [-0.05, 0) is 25.0 Å². The molecule has 0 N–H and O–H groups in total. The Balaban J connectivity index is 2.47. The molecule has 2 nitrogen and oxygen atoms in total. The summed E-state index contributed by atoms with van der Waals surface area (Å²) in [7, 11) is 0. The molecule has 0 bridgehead atoms. The lowest BCUT2D eigenvalue weighted by atomic mass is 10.1. The third-order valence-electron chi connectivity index (χ3n) is 6.03. The van der Waals surface area contributed by atoms with Gasteiger partial charge in [0.2, 0.25) is 0 Å². The number of unbranched alkanes of at least 4 members (excludes halogenated alkanes) is 14. The fraction of sp³-hybridized carbons (Fsp3) is 0.741. The van der Waals surface area contributed by atoms with Gasteiger partial charge in [0, 0.05) is 13.1 Å². The summed E-state index contributed by atoms with van der Waals surface area (Å²) >= 11 is 0. The van der Waals surface area contributed by atoms with Crippen LogP contribution in [0.3, 0.4) is 0 Å². The zero-order valence-corrected chi connectivity index (χ0v) is 20.1. The zero-order valence-electron chi connectivity index (χ0n) is 20.1. The van der Waals surface area contributed by atoms with E-state index in [1.807, 2.05) is 0 Å². The van der Waals surface area contributed by atoms with Gasteiger partial charge in [-0.1, -0.05) is 110 Å². The van der Waals surface area contributed by atoms with Crippen molar-refractivity contribution in [2.45, 2.75) is 117 Å². The molecule has 0 heterocycles. The molecular weight excluding hydrogens is 392 g/mol. The largest absolute Gasteiger partial charge is 0.338 e. The number of amides is 1. The smallest absolute Gasteiger partial charge is 0.259 e. The normalized spacial score (nSPS) is 11.1. The van der Waals surface area contributed by atoms with Crippen molar-refractivity contribution < 1.29 is 13.6 Å². The standard InChI is InChI=1S/C27H45F2NO/c1-3-5-7-9-11-13-15-17-22-30(23-18-16-14-12-10-8-6-4-2)27(31)26-24(28)20-19-21-25(26)29/h19-21H,3-18,22-23H2,1-2H3. The Morgan fingerprint density at radius 2 is 1.00 bits per heavy atom. The zero-order chi connectivity index (χ0) is 22.7. The average molecular weight is 438 g/mol. The van der Waals surface area contributed by atoms with Gasteiger partial charge in [-0.3, -0.25) is 4.79 Å². The molecule has 1 rings (SSSR count). The molecule has 0 fully saturated rings. The van der Waals surface area contributed by atoms with Crippen LogP contribution in [0, 0.1) is 11.6 Å². The van der Waals surface area contributed by atoms with Crippen LogP contribution in [-0.4, -0.2) is 23.9 Å². The van der Waals surface area contributed by atoms with E-state index in [9.17, 15) is 13.6 Å². The molecule has 4 heteroatoms. The lowest BCUT2D eigenvalue weighted by Crippen LogP contribution is -2.34. The third-order valence-corrected chi connectivity index (χ3v) is 6.03. The highest BCUT2D eigenvalue weighted by Crippen LogP contribution is 2.17. The van der Waals surface area contributed by atoms with E-state index in [1.54, 1.807) is 4.90 Å². The molecule has 31 heavy (non-hydrogen) atoms. The first kappa shape index (κ1) is 27.6. The summed E-state index contributed by atoms with van der Waals surface area (Å²) in [6.45, 7) is 5.60. The molecule has 0 saturated carbocycles. The van der Waals surface area contributed by atoms with Gasteiger partial charge in [0.25, 0.3) is 5.91 Å². The molecule has 0 spiro atoms. The SMILES string of the molecule is CCCCCCCCCCN(CCCCCCCCCC)C(=O)c1c(F)cccc1F. The Hall–Kier alpha value is -1.45. The number of benzene rings is 1. The van der Waals surface area contributed by atoms with Gasteiger partial charge in [0.05, 0.1) is 0 Å². The highest BCUT2D eigenvalue weighted by atomic mass is 19.1. The van der Waals surface area contributed by atoms with Gasteiger partial charge in [-0.15, -0.1) is 0 Å². The minimum absolute atomic E-state index is 0.401. The topological polar surface area (TPSA) is 20.3 Å². The van der Waals surface area contributed by atoms with Crippen molar-refractivity contribution in [2.24, 2.45) is 0 Å². The predicted molar refractivity (Wildman–Crippen MR) is 127 cm³/mol. The quantitative estimate of drug-likeness (QED) is 0.198. The first-order chi connectivity index (χ1) is 15.1. The van der Waals surface area contributed by atoms with Gasteiger partial charge in [-0.25, -0.2) is 8.78 Å². The van der Waals surface area contributed by atoms with Crippen molar-refractivity contribution in [1.29, 1.82) is 0 Å². The van der Waals surface area contributed by atoms with E-state index in [0.717, 1.165) is 38.5 Å². The Kier molecular flexibility index (Phi) is 16.2. The maximum atomic E-state index is 14.2. The third kappa shape index (κ3) is 12.2. The summed E-state index contributed by atoms with van der Waals surface area (Å²) in [5, 5.41) is 0. The number of carbonyl (C=O) groups excluding carboxylic acids is 1. The van der Waals surface area contributed by atoms with Crippen molar-refractivity contribution in [1.82, 2.24) is 4.90 Å². The molecule has 0 radical (unpaired) electrons. The van der Waals surface area contributed by atoms with E-state index in [-0.39, 0.29) is 0 Å². The summed E-state index contributed by atoms with van der Waals surface area (Å²) in [5.74, 6) is -2.02. The maximum Gasteiger partial charge on any atom is 0.259 e. The van der Waals surface area contributed by atoms with Crippen LogP contribution in [0.25, 0.3) is 0 Å². The van der Waals surface area contributed by atoms with E-state index >= 15 is 0 Å². The van der Waals surface area contributed by atoms with Gasteiger partial charge >= 0.3 is 0 Å². The van der Waals surface area contributed by atoms with Gasteiger partial charge in [0.15, 0.2) is 0 Å². The summed E-state index contributed by atoms with van der Waals surface area (Å²) in [5.41, 5.74) is -0.401. The van der Waals surface area contributed by atoms with E-state index in [1.165, 1.54) is 82.4 Å². The Bertz CT molecular complexity index is 550. The van der Waals surface area contributed by atoms with Gasteiger partial charge in [-0.2, -0.15) is 0 Å². The van der Waals surface area contributed by atoms with Crippen LogP contribution >= 0.6 is 0 Å². The molecule has 1 aromatic carbocycles. The van der Waals surface area contributed by atoms with Crippen LogP contribution in [0.5, 0.6) is 0 Å². The number of carbonyl (C=O) groups is 1. The van der Waals surface area contributed by atoms with Crippen molar-refractivity contribution in [3.63, 3.8) is 0 Å². The Morgan fingerprint density at radius 1 is 0.645 bits per heavy atom. The second kappa shape index (κ2) is 18.2. The van der Waals surface area contributed by atoms with Crippen LogP contribution in [0.4, 0.5) is 8.78 Å². The number of nitrogens with zero attached hydrogens (tertiary/aromatic N) is 1. The molecule has 1 aromatic rings. The average Bonchev–Trinajstić information content (AvgIpc) is 2.75. The fourth-order valence-corrected chi connectivity index (χ4v) is 4.05. The second-order valence-corrected chi connectivity index (χ2v) is 8.84. The van der Waals surface area contributed by atoms with E-state index in [4.69, 9.17) is 0 Å². The number of hydrogen-bond acceptors (Lipinski definition) is 1. The van der Waals surface area contributed by atoms with Gasteiger partial charge < -0.3 is 4.90 Å². The van der Waals surface area contributed by atoms with E-state index < -0.39 is 23.1 Å². The van der Waals surface area contributed by atoms with Crippen molar-refractivity contribution in [3.8, 4) is 0 Å². The monoisotopic (exact) mass is 437 g/mol. The molecule has 0 unspecified atom stereocenters. The molecule has 0 atom stereocenters. The first-order valence-electron chi connectivity index (χ1n) is 12.8. The number of rotatable bonds is 19. The van der Waals surface area contributed by atoms with Crippen LogP contribution in [-0.2, 0) is 0 Å². The van der Waals surface area contributed by atoms with Gasteiger partial charge in [0.1, 0.15) is 17.2 Å². The molecule has 178 valence electrons. The lowest BCUT2D eigenvalue weighted by molar-refractivity contribution is 0.0739. The minimum atomic E-state index is -0.762. The molecule has 0 aliphatic heterocycles. The van der Waals surface area contributed by atoms with Crippen LogP contribution < -0.4 is 0 Å². The Labute approximate surface area is 189 Å².